The molecule has 0 radical (unpaired) electrons. The fourth-order valence-electron chi connectivity index (χ4n) is 2.43. The van der Waals surface area contributed by atoms with Crippen LogP contribution in [-0.4, -0.2) is 0 Å². The highest BCUT2D eigenvalue weighted by atomic mass is 19.1. The van der Waals surface area contributed by atoms with Gasteiger partial charge in [0.15, 0.2) is 0 Å². The van der Waals surface area contributed by atoms with Gasteiger partial charge in [-0.15, -0.1) is 0 Å². The Bertz CT molecular complexity index is 309. The average Bonchev–Trinajstić information content (AvgIpc) is 2.35. The third kappa shape index (κ3) is 4.89. The molecule has 0 aromatic rings. The molecular formula is C16H25F. The molecule has 0 saturated carbocycles. The van der Waals surface area contributed by atoms with Gasteiger partial charge in [0, 0.05) is 0 Å². The first-order valence-corrected chi connectivity index (χ1v) is 6.92. The van der Waals surface area contributed by atoms with E-state index in [1.54, 1.807) is 12.2 Å². The quantitative estimate of drug-likeness (QED) is 0.600. The van der Waals surface area contributed by atoms with E-state index in [2.05, 4.69) is 26.8 Å². The SMILES string of the molecule is CC\C1=C/C(F)=C\C=C\C(CC)CC(CC)C1. The lowest BCUT2D eigenvalue weighted by Gasteiger charge is -2.21. The molecule has 1 aliphatic rings. The van der Waals surface area contributed by atoms with Crippen molar-refractivity contribution >= 4 is 0 Å². The normalized spacial score (nSPS) is 34.4. The second-order valence-electron chi connectivity index (χ2n) is 4.98. The molecule has 0 amide bonds. The van der Waals surface area contributed by atoms with Gasteiger partial charge in [0.05, 0.1) is 0 Å². The minimum atomic E-state index is -0.107. The summed E-state index contributed by atoms with van der Waals surface area (Å²) in [7, 11) is 0. The summed E-state index contributed by atoms with van der Waals surface area (Å²) in [5.74, 6) is 1.19. The van der Waals surface area contributed by atoms with Crippen LogP contribution in [0.5, 0.6) is 0 Å². The molecule has 0 heterocycles. The minimum Gasteiger partial charge on any atom is -0.207 e. The molecular weight excluding hydrogens is 211 g/mol. The van der Waals surface area contributed by atoms with Crippen molar-refractivity contribution in [2.24, 2.45) is 11.8 Å². The van der Waals surface area contributed by atoms with Crippen molar-refractivity contribution in [3.63, 3.8) is 0 Å². The summed E-state index contributed by atoms with van der Waals surface area (Å²) in [6.45, 7) is 6.57. The van der Waals surface area contributed by atoms with Gasteiger partial charge in [-0.3, -0.25) is 0 Å². The van der Waals surface area contributed by atoms with Crippen LogP contribution in [0, 0.1) is 11.8 Å². The van der Waals surface area contributed by atoms with E-state index in [1.807, 2.05) is 6.08 Å². The molecule has 2 unspecified atom stereocenters. The maximum atomic E-state index is 13.6. The van der Waals surface area contributed by atoms with Crippen molar-refractivity contribution in [1.29, 1.82) is 0 Å². The monoisotopic (exact) mass is 236 g/mol. The maximum Gasteiger partial charge on any atom is 0.123 e. The zero-order chi connectivity index (χ0) is 12.7. The van der Waals surface area contributed by atoms with E-state index in [1.165, 1.54) is 18.4 Å². The van der Waals surface area contributed by atoms with Gasteiger partial charge in [-0.25, -0.2) is 4.39 Å². The first-order valence-electron chi connectivity index (χ1n) is 6.92. The standard InChI is InChI=1S/C16H25F/c1-4-13-8-7-9-16(17)12-15(6-3)11-14(5-2)10-13/h7-9,12-14H,4-6,10-11H2,1-3H3/b8-7+,15-12+,16-9+. The molecule has 0 aromatic carbocycles. The largest absolute Gasteiger partial charge is 0.207 e. The van der Waals surface area contributed by atoms with Crippen molar-refractivity contribution in [2.45, 2.75) is 52.9 Å². The van der Waals surface area contributed by atoms with Crippen molar-refractivity contribution in [3.8, 4) is 0 Å². The van der Waals surface area contributed by atoms with E-state index in [4.69, 9.17) is 0 Å². The van der Waals surface area contributed by atoms with Crippen LogP contribution in [0.4, 0.5) is 4.39 Å². The van der Waals surface area contributed by atoms with Gasteiger partial charge in [-0.1, -0.05) is 44.9 Å². The van der Waals surface area contributed by atoms with Crippen LogP contribution in [0.25, 0.3) is 0 Å². The van der Waals surface area contributed by atoms with Crippen LogP contribution in [0.15, 0.2) is 35.7 Å². The van der Waals surface area contributed by atoms with Gasteiger partial charge < -0.3 is 0 Å². The van der Waals surface area contributed by atoms with Crippen molar-refractivity contribution in [1.82, 2.24) is 0 Å². The van der Waals surface area contributed by atoms with Gasteiger partial charge in [-0.2, -0.15) is 0 Å². The first-order chi connectivity index (χ1) is 8.19. The van der Waals surface area contributed by atoms with E-state index in [0.29, 0.717) is 11.8 Å². The third-order valence-electron chi connectivity index (χ3n) is 3.72. The highest BCUT2D eigenvalue weighted by Gasteiger charge is 2.14. The fraction of sp³-hybridized carbons (Fsp3) is 0.625. The molecule has 2 atom stereocenters. The maximum absolute atomic E-state index is 13.6. The Morgan fingerprint density at radius 2 is 2.00 bits per heavy atom. The number of allylic oxidation sites excluding steroid dienone is 6. The number of rotatable bonds is 3. The third-order valence-corrected chi connectivity index (χ3v) is 3.72. The highest BCUT2D eigenvalue weighted by molar-refractivity contribution is 5.23. The number of halogens is 1. The summed E-state index contributed by atoms with van der Waals surface area (Å²) < 4.78 is 13.6. The molecule has 0 N–H and O–H groups in total. The lowest BCUT2D eigenvalue weighted by atomic mass is 9.85. The summed E-state index contributed by atoms with van der Waals surface area (Å²) in [5, 5.41) is 0. The van der Waals surface area contributed by atoms with E-state index in [-0.39, 0.29) is 5.83 Å². The fourth-order valence-corrected chi connectivity index (χ4v) is 2.43. The van der Waals surface area contributed by atoms with E-state index < -0.39 is 0 Å². The van der Waals surface area contributed by atoms with Crippen LogP contribution in [-0.2, 0) is 0 Å². The molecule has 0 aromatic heterocycles. The second kappa shape index (κ2) is 7.47. The molecule has 0 fully saturated rings. The first kappa shape index (κ1) is 14.2. The van der Waals surface area contributed by atoms with Gasteiger partial charge in [0.2, 0.25) is 0 Å². The molecule has 0 aliphatic heterocycles. The smallest absolute Gasteiger partial charge is 0.123 e. The number of hydrogen-bond donors (Lipinski definition) is 0. The van der Waals surface area contributed by atoms with Crippen LogP contribution in [0.3, 0.4) is 0 Å². The number of hydrogen-bond acceptors (Lipinski definition) is 0. The lowest BCUT2D eigenvalue weighted by Crippen LogP contribution is -2.08. The molecule has 0 bridgehead atoms. The summed E-state index contributed by atoms with van der Waals surface area (Å²) >= 11 is 0. The predicted octanol–water partition coefficient (Wildman–Crippen LogP) is 5.58. The second-order valence-corrected chi connectivity index (χ2v) is 4.98. The van der Waals surface area contributed by atoms with E-state index >= 15 is 0 Å². The van der Waals surface area contributed by atoms with Crippen molar-refractivity contribution in [3.05, 3.63) is 35.7 Å². The van der Waals surface area contributed by atoms with Crippen LogP contribution < -0.4 is 0 Å². The summed E-state index contributed by atoms with van der Waals surface area (Å²) in [5.41, 5.74) is 1.25. The van der Waals surface area contributed by atoms with Gasteiger partial charge in [0.1, 0.15) is 5.83 Å². The summed E-state index contributed by atoms with van der Waals surface area (Å²) in [6, 6.07) is 0. The minimum absolute atomic E-state index is 0.107. The zero-order valence-electron chi connectivity index (χ0n) is 11.4. The molecule has 0 spiro atoms. The molecule has 17 heavy (non-hydrogen) atoms. The Balaban J connectivity index is 2.91. The van der Waals surface area contributed by atoms with Gasteiger partial charge >= 0.3 is 0 Å². The molecule has 96 valence electrons. The summed E-state index contributed by atoms with van der Waals surface area (Å²) in [4.78, 5) is 0. The molecule has 1 aliphatic carbocycles. The van der Waals surface area contributed by atoms with Crippen molar-refractivity contribution in [2.75, 3.05) is 0 Å². The Morgan fingerprint density at radius 3 is 2.59 bits per heavy atom. The molecule has 1 rings (SSSR count). The summed E-state index contributed by atoms with van der Waals surface area (Å²) in [6.07, 6.45) is 12.9. The Hall–Kier alpha value is -0.850. The van der Waals surface area contributed by atoms with Crippen LogP contribution in [0.1, 0.15) is 52.9 Å². The Labute approximate surface area is 105 Å². The zero-order valence-corrected chi connectivity index (χ0v) is 11.4. The highest BCUT2D eigenvalue weighted by Crippen LogP contribution is 2.28. The predicted molar refractivity (Wildman–Crippen MR) is 73.5 cm³/mol. The lowest BCUT2D eigenvalue weighted by molar-refractivity contribution is 0.392. The average molecular weight is 236 g/mol. The van der Waals surface area contributed by atoms with Gasteiger partial charge in [0.25, 0.3) is 0 Å². The molecule has 0 nitrogen and oxygen atoms in total. The van der Waals surface area contributed by atoms with Crippen LogP contribution >= 0.6 is 0 Å². The molecule has 1 heteroatoms. The topological polar surface area (TPSA) is 0 Å². The Kier molecular flexibility index (Phi) is 6.25. The van der Waals surface area contributed by atoms with Crippen molar-refractivity contribution < 1.29 is 4.39 Å². The van der Waals surface area contributed by atoms with Crippen LogP contribution in [0.2, 0.25) is 0 Å². The van der Waals surface area contributed by atoms with Gasteiger partial charge in [-0.05, 0) is 49.7 Å². The van der Waals surface area contributed by atoms with E-state index in [9.17, 15) is 4.39 Å². The molecule has 0 saturated heterocycles. The van der Waals surface area contributed by atoms with E-state index in [0.717, 1.165) is 19.3 Å². The Morgan fingerprint density at radius 1 is 1.24 bits per heavy atom.